The maximum atomic E-state index is 10.5. The Bertz CT molecular complexity index is 1030. The second-order valence-corrected chi connectivity index (χ2v) is 9.67. The Balaban J connectivity index is 0. The standard InChI is InChI=1S/C27H38N2O2.2C2H4O2.Co/c1-7-20-12-22(26(30)24(14-20)18(3)4)16-28-10-9-11-29-17-23-13-21(8-2)15-25(19(5)6)27(23)31;2*1-2(3)4;/h12-19,30-31H,7-11H2,1-6H3;2*1H3,(H,3,4);/q;;;+2/p-2. The van der Waals surface area contributed by atoms with E-state index >= 15 is 0 Å². The molecular formula is C31H44CoN2O6. The topological polar surface area (TPSA) is 145 Å². The smallest absolute Gasteiger partial charge is 0.550 e. The molecule has 0 unspecified atom stereocenters. The van der Waals surface area contributed by atoms with Gasteiger partial charge in [-0.05, 0) is 79.3 Å². The normalized spacial score (nSPS) is 10.7. The number of hydrogen-bond acceptors (Lipinski definition) is 8. The van der Waals surface area contributed by atoms with E-state index in [1.807, 2.05) is 12.1 Å². The summed E-state index contributed by atoms with van der Waals surface area (Å²) in [7, 11) is 0. The van der Waals surface area contributed by atoms with Crippen molar-refractivity contribution >= 4 is 24.4 Å². The van der Waals surface area contributed by atoms with E-state index in [1.54, 1.807) is 12.4 Å². The predicted octanol–water partition coefficient (Wildman–Crippen LogP) is 3.91. The van der Waals surface area contributed by atoms with Crippen LogP contribution in [0.5, 0.6) is 11.5 Å². The minimum absolute atomic E-state index is 0. The van der Waals surface area contributed by atoms with Gasteiger partial charge in [0.15, 0.2) is 0 Å². The number of benzene rings is 2. The fraction of sp³-hybridized carbons (Fsp3) is 0.484. The molecule has 0 saturated carbocycles. The number of carboxylic acids is 2. The molecule has 0 aliphatic carbocycles. The van der Waals surface area contributed by atoms with E-state index in [1.165, 1.54) is 11.1 Å². The average molecular weight is 600 g/mol. The first-order valence-corrected chi connectivity index (χ1v) is 13.3. The Morgan fingerprint density at radius 1 is 0.750 bits per heavy atom. The van der Waals surface area contributed by atoms with E-state index in [9.17, 15) is 10.2 Å². The van der Waals surface area contributed by atoms with Gasteiger partial charge >= 0.3 is 16.8 Å². The molecule has 9 heteroatoms. The molecule has 2 rings (SSSR count). The van der Waals surface area contributed by atoms with Crippen LogP contribution in [-0.4, -0.2) is 47.7 Å². The quantitative estimate of drug-likeness (QED) is 0.313. The van der Waals surface area contributed by atoms with Crippen LogP contribution in [0.2, 0.25) is 0 Å². The van der Waals surface area contributed by atoms with Crippen molar-refractivity contribution in [3.05, 3.63) is 57.6 Å². The van der Waals surface area contributed by atoms with Crippen molar-refractivity contribution in [2.75, 3.05) is 13.1 Å². The van der Waals surface area contributed by atoms with Crippen molar-refractivity contribution in [1.82, 2.24) is 0 Å². The molecule has 0 atom stereocenters. The molecule has 0 spiro atoms. The molecule has 0 bridgehead atoms. The molecule has 0 aliphatic rings. The fourth-order valence-electron chi connectivity index (χ4n) is 3.55. The minimum atomic E-state index is -1.08. The molecule has 0 aliphatic heterocycles. The van der Waals surface area contributed by atoms with E-state index < -0.39 is 11.9 Å². The van der Waals surface area contributed by atoms with Gasteiger partial charge in [0.1, 0.15) is 11.5 Å². The third kappa shape index (κ3) is 15.4. The summed E-state index contributed by atoms with van der Waals surface area (Å²) in [4.78, 5) is 26.8. The number of nitrogens with zero attached hydrogens (tertiary/aromatic N) is 2. The molecule has 2 aromatic rings. The molecule has 8 nitrogen and oxygen atoms in total. The number of aromatic hydroxyl groups is 2. The monoisotopic (exact) mass is 599 g/mol. The number of aryl methyl sites for hydroxylation is 2. The van der Waals surface area contributed by atoms with Gasteiger partial charge in [-0.25, -0.2) is 0 Å². The molecule has 223 valence electrons. The Kier molecular flexibility index (Phi) is 20.2. The Labute approximate surface area is 249 Å². The molecule has 0 saturated heterocycles. The van der Waals surface area contributed by atoms with Gasteiger partial charge in [0, 0.05) is 48.6 Å². The Hall–Kier alpha value is -3.17. The molecular weight excluding hydrogens is 555 g/mol. The summed E-state index contributed by atoms with van der Waals surface area (Å²) in [5, 5.41) is 38.9. The van der Waals surface area contributed by atoms with Gasteiger partial charge in [0.25, 0.3) is 0 Å². The van der Waals surface area contributed by atoms with Crippen molar-refractivity contribution in [2.45, 2.75) is 86.5 Å². The number of rotatable bonds is 10. The van der Waals surface area contributed by atoms with E-state index in [0.717, 1.165) is 55.4 Å². The van der Waals surface area contributed by atoms with Crippen molar-refractivity contribution in [3.8, 4) is 11.5 Å². The van der Waals surface area contributed by atoms with Crippen molar-refractivity contribution in [2.24, 2.45) is 9.98 Å². The number of carboxylic acid groups (broad SMARTS) is 2. The Morgan fingerprint density at radius 3 is 1.30 bits per heavy atom. The van der Waals surface area contributed by atoms with Gasteiger partial charge in [-0.2, -0.15) is 0 Å². The largest absolute Gasteiger partial charge is 2.00 e. The number of hydrogen-bond donors (Lipinski definition) is 2. The molecule has 0 fully saturated rings. The summed E-state index contributed by atoms with van der Waals surface area (Å²) < 4.78 is 0. The van der Waals surface area contributed by atoms with Gasteiger partial charge in [0.2, 0.25) is 0 Å². The van der Waals surface area contributed by atoms with Crippen LogP contribution in [0, 0.1) is 0 Å². The number of carbonyl (C=O) groups is 2. The second-order valence-electron chi connectivity index (χ2n) is 9.67. The van der Waals surface area contributed by atoms with Crippen LogP contribution in [0.15, 0.2) is 34.3 Å². The first-order chi connectivity index (χ1) is 18.2. The molecule has 2 aromatic carbocycles. The molecule has 1 radical (unpaired) electrons. The van der Waals surface area contributed by atoms with Crippen LogP contribution in [0.1, 0.15) is 107 Å². The van der Waals surface area contributed by atoms with Crippen LogP contribution in [0.25, 0.3) is 0 Å². The van der Waals surface area contributed by atoms with Gasteiger partial charge in [-0.15, -0.1) is 0 Å². The maximum Gasteiger partial charge on any atom is 2.00 e. The molecule has 0 aromatic heterocycles. The van der Waals surface area contributed by atoms with Crippen LogP contribution < -0.4 is 10.2 Å². The van der Waals surface area contributed by atoms with Gasteiger partial charge in [-0.3, -0.25) is 9.98 Å². The third-order valence-corrected chi connectivity index (χ3v) is 5.55. The van der Waals surface area contributed by atoms with E-state index in [4.69, 9.17) is 19.8 Å². The van der Waals surface area contributed by atoms with Crippen LogP contribution in [0.3, 0.4) is 0 Å². The predicted molar refractivity (Wildman–Crippen MR) is 154 cm³/mol. The summed E-state index contributed by atoms with van der Waals surface area (Å²) >= 11 is 0. The summed E-state index contributed by atoms with van der Waals surface area (Å²) in [6.45, 7) is 15.8. The number of phenols is 2. The van der Waals surface area contributed by atoms with Gasteiger partial charge < -0.3 is 30.0 Å². The number of carbonyl (C=O) groups excluding carboxylic acids is 2. The summed E-state index contributed by atoms with van der Waals surface area (Å²) in [5.74, 6) is -0.957. The van der Waals surface area contributed by atoms with Gasteiger partial charge in [-0.1, -0.05) is 53.7 Å². The molecule has 2 N–H and O–H groups in total. The maximum absolute atomic E-state index is 10.5. The van der Waals surface area contributed by atoms with Crippen LogP contribution >= 0.6 is 0 Å². The van der Waals surface area contributed by atoms with Crippen LogP contribution in [0.4, 0.5) is 0 Å². The zero-order chi connectivity index (χ0) is 30.1. The zero-order valence-corrected chi connectivity index (χ0v) is 26.0. The van der Waals surface area contributed by atoms with Crippen LogP contribution in [-0.2, 0) is 39.2 Å². The van der Waals surface area contributed by atoms with Crippen molar-refractivity contribution in [1.29, 1.82) is 0 Å². The molecule has 40 heavy (non-hydrogen) atoms. The summed E-state index contributed by atoms with van der Waals surface area (Å²) in [6, 6.07) is 8.19. The molecule has 0 heterocycles. The SMILES string of the molecule is CC(=O)[O-].CC(=O)[O-].CCc1cc(C=NCCCN=Cc2cc(CC)cc(C(C)C)c2O)c(O)c(C(C)C)c1.[Co+2]. The molecule has 0 amide bonds. The van der Waals surface area contributed by atoms with Crippen molar-refractivity contribution in [3.63, 3.8) is 0 Å². The third-order valence-electron chi connectivity index (χ3n) is 5.55. The number of phenolic OH excluding ortho intramolecular Hbond substituents is 2. The average Bonchev–Trinajstić information content (AvgIpc) is 2.84. The minimum Gasteiger partial charge on any atom is -0.550 e. The summed E-state index contributed by atoms with van der Waals surface area (Å²) in [6.07, 6.45) is 6.22. The first-order valence-electron chi connectivity index (χ1n) is 13.3. The zero-order valence-electron chi connectivity index (χ0n) is 24.9. The first kappa shape index (κ1) is 39.0. The van der Waals surface area contributed by atoms with E-state index in [-0.39, 0.29) is 28.6 Å². The second kappa shape index (κ2) is 20.7. The van der Waals surface area contributed by atoms with Gasteiger partial charge in [0.05, 0.1) is 0 Å². The van der Waals surface area contributed by atoms with Crippen molar-refractivity contribution < 1.29 is 46.8 Å². The summed E-state index contributed by atoms with van der Waals surface area (Å²) in [5.41, 5.74) is 5.94. The fourth-order valence-corrected chi connectivity index (χ4v) is 3.55. The number of aliphatic imine (C=N–C) groups is 2. The van der Waals surface area contributed by atoms with E-state index in [0.29, 0.717) is 24.6 Å². The number of aliphatic carboxylic acids is 2. The Morgan fingerprint density at radius 2 is 1.05 bits per heavy atom. The van der Waals surface area contributed by atoms with E-state index in [2.05, 4.69) is 63.7 Å².